The third-order valence-electron chi connectivity index (χ3n) is 3.64. The van der Waals surface area contributed by atoms with Crippen LogP contribution in [-0.4, -0.2) is 30.2 Å². The zero-order chi connectivity index (χ0) is 18.9. The average molecular weight is 388 g/mol. The number of rotatable bonds is 4. The summed E-state index contributed by atoms with van der Waals surface area (Å²) in [6.45, 7) is 0.259. The summed E-state index contributed by atoms with van der Waals surface area (Å²) in [5.74, 6) is 0.126. The molecule has 0 bridgehead atoms. The van der Waals surface area contributed by atoms with Crippen LogP contribution in [0.5, 0.6) is 0 Å². The van der Waals surface area contributed by atoms with E-state index < -0.39 is 11.7 Å². The first-order valence-corrected chi connectivity index (χ1v) is 8.68. The Balaban J connectivity index is 1.53. The number of nitrogens with zero attached hydrogens (tertiary/aromatic N) is 6. The van der Waals surface area contributed by atoms with Gasteiger partial charge in [0.15, 0.2) is 0 Å². The van der Waals surface area contributed by atoms with Crippen molar-refractivity contribution in [2.24, 2.45) is 0 Å². The first kappa shape index (κ1) is 17.3. The largest absolute Gasteiger partial charge is 0.416 e. The summed E-state index contributed by atoms with van der Waals surface area (Å²) in [7, 11) is 0. The molecule has 3 aromatic heterocycles. The van der Waals surface area contributed by atoms with Crippen molar-refractivity contribution < 1.29 is 13.2 Å². The van der Waals surface area contributed by atoms with Crippen LogP contribution in [0, 0.1) is 0 Å². The maximum absolute atomic E-state index is 12.8. The summed E-state index contributed by atoms with van der Waals surface area (Å²) >= 11 is 1.44. The van der Waals surface area contributed by atoms with Gasteiger partial charge >= 0.3 is 6.18 Å². The van der Waals surface area contributed by atoms with Crippen LogP contribution in [0.4, 0.5) is 13.2 Å². The van der Waals surface area contributed by atoms with Crippen molar-refractivity contribution >= 4 is 11.3 Å². The van der Waals surface area contributed by atoms with Crippen LogP contribution in [0.1, 0.15) is 11.3 Å². The minimum Gasteiger partial charge on any atom is -0.254 e. The third-order valence-corrected chi connectivity index (χ3v) is 4.55. The summed E-state index contributed by atoms with van der Waals surface area (Å²) in [5.41, 5.74) is 0.984. The third kappa shape index (κ3) is 3.85. The molecule has 4 aromatic rings. The highest BCUT2D eigenvalue weighted by atomic mass is 32.1. The SMILES string of the molecule is FC(F)(F)c1cccc(-c2nnn(Cc3csc(-c4ccccn4)n3)n2)c1. The number of hydrogen-bond acceptors (Lipinski definition) is 6. The van der Waals surface area contributed by atoms with E-state index in [1.165, 1.54) is 28.3 Å². The van der Waals surface area contributed by atoms with Gasteiger partial charge in [0.25, 0.3) is 0 Å². The van der Waals surface area contributed by atoms with Gasteiger partial charge in [-0.1, -0.05) is 18.2 Å². The molecule has 4 rings (SSSR count). The Morgan fingerprint density at radius 2 is 1.96 bits per heavy atom. The van der Waals surface area contributed by atoms with Crippen LogP contribution < -0.4 is 0 Å². The first-order valence-electron chi connectivity index (χ1n) is 7.80. The summed E-state index contributed by atoms with van der Waals surface area (Å²) in [6.07, 6.45) is -2.73. The van der Waals surface area contributed by atoms with Gasteiger partial charge in [0.05, 0.1) is 17.0 Å². The fraction of sp³-hybridized carbons (Fsp3) is 0.118. The molecule has 0 N–H and O–H groups in total. The van der Waals surface area contributed by atoms with Crippen LogP contribution in [-0.2, 0) is 12.7 Å². The monoisotopic (exact) mass is 388 g/mol. The van der Waals surface area contributed by atoms with Crippen molar-refractivity contribution in [2.45, 2.75) is 12.7 Å². The highest BCUT2D eigenvalue weighted by molar-refractivity contribution is 7.13. The molecule has 0 saturated carbocycles. The molecular weight excluding hydrogens is 377 g/mol. The van der Waals surface area contributed by atoms with Crippen LogP contribution in [0.2, 0.25) is 0 Å². The second-order valence-electron chi connectivity index (χ2n) is 5.58. The molecule has 0 fully saturated rings. The van der Waals surface area contributed by atoms with Gasteiger partial charge in [-0.05, 0) is 29.5 Å². The summed E-state index contributed by atoms with van der Waals surface area (Å²) in [4.78, 5) is 10.0. The van der Waals surface area contributed by atoms with E-state index in [0.717, 1.165) is 22.8 Å². The number of tetrazole rings is 1. The predicted octanol–water partition coefficient (Wildman–Crippen LogP) is 3.93. The highest BCUT2D eigenvalue weighted by Gasteiger charge is 2.30. The Morgan fingerprint density at radius 3 is 2.74 bits per heavy atom. The molecule has 0 aliphatic heterocycles. The van der Waals surface area contributed by atoms with Crippen LogP contribution in [0.3, 0.4) is 0 Å². The maximum Gasteiger partial charge on any atom is 0.416 e. The predicted molar refractivity (Wildman–Crippen MR) is 92.7 cm³/mol. The number of hydrogen-bond donors (Lipinski definition) is 0. The fourth-order valence-electron chi connectivity index (χ4n) is 2.39. The van der Waals surface area contributed by atoms with Crippen molar-refractivity contribution in [3.63, 3.8) is 0 Å². The van der Waals surface area contributed by atoms with E-state index in [2.05, 4.69) is 25.4 Å². The van der Waals surface area contributed by atoms with Crippen molar-refractivity contribution in [3.05, 3.63) is 65.3 Å². The lowest BCUT2D eigenvalue weighted by Crippen LogP contribution is -2.05. The topological polar surface area (TPSA) is 69.4 Å². The molecule has 0 spiro atoms. The number of pyridine rings is 1. The molecule has 0 aliphatic rings. The second kappa shape index (κ2) is 6.88. The van der Waals surface area contributed by atoms with E-state index in [1.54, 1.807) is 6.20 Å². The molecule has 27 heavy (non-hydrogen) atoms. The Morgan fingerprint density at radius 1 is 1.07 bits per heavy atom. The average Bonchev–Trinajstić information content (AvgIpc) is 3.32. The van der Waals surface area contributed by atoms with E-state index in [-0.39, 0.29) is 17.9 Å². The zero-order valence-corrected chi connectivity index (χ0v) is 14.4. The van der Waals surface area contributed by atoms with Gasteiger partial charge in [0.2, 0.25) is 5.82 Å². The van der Waals surface area contributed by atoms with Gasteiger partial charge in [-0.3, -0.25) is 4.98 Å². The number of halogens is 3. The zero-order valence-electron chi connectivity index (χ0n) is 13.6. The number of alkyl halides is 3. The highest BCUT2D eigenvalue weighted by Crippen LogP contribution is 2.31. The van der Waals surface area contributed by atoms with Gasteiger partial charge in [0, 0.05) is 17.1 Å². The van der Waals surface area contributed by atoms with Gasteiger partial charge < -0.3 is 0 Å². The lowest BCUT2D eigenvalue weighted by atomic mass is 10.1. The Bertz CT molecular complexity index is 1060. The molecule has 0 radical (unpaired) electrons. The van der Waals surface area contributed by atoms with Crippen molar-refractivity contribution in [3.8, 4) is 22.1 Å². The van der Waals surface area contributed by atoms with Gasteiger partial charge in [-0.2, -0.15) is 18.0 Å². The van der Waals surface area contributed by atoms with E-state index in [4.69, 9.17) is 0 Å². The van der Waals surface area contributed by atoms with E-state index in [1.807, 2.05) is 23.6 Å². The van der Waals surface area contributed by atoms with Crippen molar-refractivity contribution in [1.82, 2.24) is 30.2 Å². The lowest BCUT2D eigenvalue weighted by molar-refractivity contribution is -0.137. The van der Waals surface area contributed by atoms with Crippen LogP contribution in [0.25, 0.3) is 22.1 Å². The van der Waals surface area contributed by atoms with Gasteiger partial charge in [-0.15, -0.1) is 21.5 Å². The molecule has 0 aliphatic carbocycles. The first-order chi connectivity index (χ1) is 13.0. The molecular formula is C17H11F3N6S. The van der Waals surface area contributed by atoms with E-state index in [9.17, 15) is 13.2 Å². The Hall–Kier alpha value is -3.14. The van der Waals surface area contributed by atoms with Crippen molar-refractivity contribution in [1.29, 1.82) is 0 Å². The van der Waals surface area contributed by atoms with Crippen molar-refractivity contribution in [2.75, 3.05) is 0 Å². The summed E-state index contributed by atoms with van der Waals surface area (Å²) in [5, 5.41) is 14.5. The number of benzene rings is 1. The van der Waals surface area contributed by atoms with Gasteiger partial charge in [-0.25, -0.2) is 4.98 Å². The smallest absolute Gasteiger partial charge is 0.254 e. The molecule has 3 heterocycles. The minimum atomic E-state index is -4.42. The molecule has 6 nitrogen and oxygen atoms in total. The second-order valence-corrected chi connectivity index (χ2v) is 6.44. The Labute approximate surface area is 155 Å². The Kier molecular flexibility index (Phi) is 4.40. The van der Waals surface area contributed by atoms with E-state index in [0.29, 0.717) is 5.69 Å². The summed E-state index contributed by atoms with van der Waals surface area (Å²) < 4.78 is 38.5. The molecule has 136 valence electrons. The molecule has 10 heteroatoms. The molecule has 0 atom stereocenters. The molecule has 0 saturated heterocycles. The fourth-order valence-corrected chi connectivity index (χ4v) is 3.18. The number of thiazole rings is 1. The van der Waals surface area contributed by atoms with Gasteiger partial charge in [0.1, 0.15) is 11.6 Å². The standard InChI is InChI=1S/C17H11F3N6S/c18-17(19,20)12-5-3-4-11(8-12)15-23-25-26(24-15)9-13-10-27-16(22-13)14-6-1-2-7-21-14/h1-8,10H,9H2. The quantitative estimate of drug-likeness (QED) is 0.530. The van der Waals surface area contributed by atoms with E-state index >= 15 is 0 Å². The molecule has 1 aromatic carbocycles. The molecule has 0 unspecified atom stereocenters. The maximum atomic E-state index is 12.8. The molecule has 0 amide bonds. The minimum absolute atomic E-state index is 0.126. The lowest BCUT2D eigenvalue weighted by Gasteiger charge is -2.06. The summed E-state index contributed by atoms with van der Waals surface area (Å²) in [6, 6.07) is 10.4. The van der Waals surface area contributed by atoms with Crippen LogP contribution in [0.15, 0.2) is 54.0 Å². The number of aromatic nitrogens is 6. The normalized spacial score (nSPS) is 11.7. The van der Waals surface area contributed by atoms with Crippen LogP contribution >= 0.6 is 11.3 Å².